The Labute approximate surface area is 177 Å². The zero-order valence-electron chi connectivity index (χ0n) is 16.9. The van der Waals surface area contributed by atoms with Crippen molar-refractivity contribution < 1.29 is 17.6 Å². The minimum Gasteiger partial charge on any atom is -0.349 e. The van der Waals surface area contributed by atoms with E-state index < -0.39 is 10.0 Å². The smallest absolute Gasteiger partial charge is 0.243 e. The summed E-state index contributed by atoms with van der Waals surface area (Å²) in [6.45, 7) is 1.17. The van der Waals surface area contributed by atoms with Gasteiger partial charge in [0.1, 0.15) is 5.82 Å². The molecule has 1 fully saturated rings. The first-order valence-corrected chi connectivity index (χ1v) is 12.0. The maximum atomic E-state index is 13.3. The third kappa shape index (κ3) is 4.57. The lowest BCUT2D eigenvalue weighted by Gasteiger charge is -2.25. The summed E-state index contributed by atoms with van der Waals surface area (Å²) >= 11 is 0. The number of carbonyl (C=O) groups is 1. The van der Waals surface area contributed by atoms with Gasteiger partial charge in [-0.05, 0) is 73.1 Å². The zero-order chi connectivity index (χ0) is 21.1. The van der Waals surface area contributed by atoms with Gasteiger partial charge in [0, 0.05) is 19.5 Å². The number of halogens is 1. The topological polar surface area (TPSA) is 66.5 Å². The van der Waals surface area contributed by atoms with Crippen molar-refractivity contribution in [1.82, 2.24) is 9.62 Å². The summed E-state index contributed by atoms with van der Waals surface area (Å²) in [5.74, 6) is -0.298. The van der Waals surface area contributed by atoms with Crippen LogP contribution < -0.4 is 5.32 Å². The van der Waals surface area contributed by atoms with Gasteiger partial charge in [-0.3, -0.25) is 4.79 Å². The van der Waals surface area contributed by atoms with E-state index in [0.29, 0.717) is 30.8 Å². The molecule has 1 saturated heterocycles. The number of sulfonamides is 1. The molecule has 5 nitrogen and oxygen atoms in total. The summed E-state index contributed by atoms with van der Waals surface area (Å²) in [5.41, 5.74) is 2.89. The fourth-order valence-electron chi connectivity index (χ4n) is 4.34. The van der Waals surface area contributed by atoms with E-state index in [1.165, 1.54) is 6.07 Å². The van der Waals surface area contributed by atoms with Crippen LogP contribution in [0.4, 0.5) is 4.39 Å². The van der Waals surface area contributed by atoms with Crippen molar-refractivity contribution in [2.75, 3.05) is 13.1 Å². The van der Waals surface area contributed by atoms with Crippen LogP contribution in [0.15, 0.2) is 47.4 Å². The summed E-state index contributed by atoms with van der Waals surface area (Å²) in [6, 6.07) is 11.5. The van der Waals surface area contributed by atoms with Crippen molar-refractivity contribution in [2.24, 2.45) is 0 Å². The Kier molecular flexibility index (Phi) is 6.20. The Hall–Kier alpha value is -2.25. The number of hydrogen-bond acceptors (Lipinski definition) is 3. The van der Waals surface area contributed by atoms with Gasteiger partial charge in [-0.1, -0.05) is 24.6 Å². The van der Waals surface area contributed by atoms with Crippen LogP contribution in [-0.2, 0) is 27.7 Å². The normalized spacial score (nSPS) is 19.4. The number of benzene rings is 2. The molecule has 1 heterocycles. The molecule has 0 spiro atoms. The average Bonchev–Trinajstić information content (AvgIpc) is 3.14. The van der Waals surface area contributed by atoms with E-state index in [2.05, 4.69) is 5.32 Å². The molecule has 0 aromatic heterocycles. The molecule has 0 bridgehead atoms. The fourth-order valence-corrected chi connectivity index (χ4v) is 5.86. The van der Waals surface area contributed by atoms with Crippen LogP contribution in [0.3, 0.4) is 0 Å². The summed E-state index contributed by atoms with van der Waals surface area (Å²) in [4.78, 5) is 12.7. The summed E-state index contributed by atoms with van der Waals surface area (Å²) in [7, 11) is -3.43. The van der Waals surface area contributed by atoms with Crippen molar-refractivity contribution in [1.29, 1.82) is 0 Å². The zero-order valence-corrected chi connectivity index (χ0v) is 17.8. The van der Waals surface area contributed by atoms with Crippen molar-refractivity contribution in [3.8, 4) is 0 Å². The highest BCUT2D eigenvalue weighted by atomic mass is 32.2. The van der Waals surface area contributed by atoms with Crippen LogP contribution in [0.1, 0.15) is 54.8 Å². The van der Waals surface area contributed by atoms with Crippen molar-refractivity contribution >= 4 is 15.9 Å². The molecule has 2 aromatic rings. The largest absolute Gasteiger partial charge is 0.349 e. The molecule has 30 heavy (non-hydrogen) atoms. The number of amides is 1. The van der Waals surface area contributed by atoms with Crippen molar-refractivity contribution in [3.63, 3.8) is 0 Å². The maximum absolute atomic E-state index is 13.3. The van der Waals surface area contributed by atoms with Crippen LogP contribution in [0.5, 0.6) is 0 Å². The third-order valence-electron chi connectivity index (χ3n) is 6.03. The number of rotatable bonds is 6. The van der Waals surface area contributed by atoms with E-state index in [4.69, 9.17) is 0 Å². The van der Waals surface area contributed by atoms with Gasteiger partial charge in [0.05, 0.1) is 10.9 Å². The maximum Gasteiger partial charge on any atom is 0.243 e. The monoisotopic (exact) mass is 430 g/mol. The van der Waals surface area contributed by atoms with Crippen molar-refractivity contribution in [2.45, 2.75) is 55.9 Å². The van der Waals surface area contributed by atoms with Gasteiger partial charge in [0.2, 0.25) is 15.9 Å². The van der Waals surface area contributed by atoms with E-state index in [1.54, 1.807) is 40.7 Å². The number of nitrogens with one attached hydrogen (secondary N) is 1. The molecule has 1 N–H and O–H groups in total. The first-order valence-electron chi connectivity index (χ1n) is 10.6. The molecule has 1 unspecified atom stereocenters. The lowest BCUT2D eigenvalue weighted by atomic mass is 10.1. The number of fused-ring (bicyclic) bond motifs is 1. The van der Waals surface area contributed by atoms with Crippen LogP contribution in [0.2, 0.25) is 0 Å². The summed E-state index contributed by atoms with van der Waals surface area (Å²) < 4.78 is 40.3. The summed E-state index contributed by atoms with van der Waals surface area (Å²) in [5, 5.41) is 3.04. The van der Waals surface area contributed by atoms with Gasteiger partial charge in [0.25, 0.3) is 0 Å². The predicted octanol–water partition coefficient (Wildman–Crippen LogP) is 3.74. The fraction of sp³-hybridized carbons (Fsp3) is 0.435. The van der Waals surface area contributed by atoms with Crippen LogP contribution in [-0.4, -0.2) is 31.7 Å². The second-order valence-electron chi connectivity index (χ2n) is 8.11. The Balaban J connectivity index is 1.32. The van der Waals surface area contributed by atoms with E-state index in [-0.39, 0.29) is 17.8 Å². The minimum atomic E-state index is -3.43. The molecule has 0 saturated carbocycles. The number of hydrogen-bond donors (Lipinski definition) is 1. The Morgan fingerprint density at radius 2 is 1.80 bits per heavy atom. The van der Waals surface area contributed by atoms with E-state index >= 15 is 0 Å². The highest BCUT2D eigenvalue weighted by molar-refractivity contribution is 7.89. The highest BCUT2D eigenvalue weighted by Crippen LogP contribution is 2.31. The van der Waals surface area contributed by atoms with Crippen LogP contribution in [0, 0.1) is 5.82 Å². The molecule has 1 aliphatic carbocycles. The van der Waals surface area contributed by atoms with Gasteiger partial charge in [-0.25, -0.2) is 12.8 Å². The van der Waals surface area contributed by atoms with E-state index in [1.807, 2.05) is 0 Å². The molecule has 1 amide bonds. The van der Waals surface area contributed by atoms with E-state index in [9.17, 15) is 17.6 Å². The van der Waals surface area contributed by atoms with Crippen LogP contribution >= 0.6 is 0 Å². The lowest BCUT2D eigenvalue weighted by Crippen LogP contribution is -2.35. The third-order valence-corrected chi connectivity index (χ3v) is 7.95. The molecular formula is C23H27FN2O3S. The Morgan fingerprint density at radius 3 is 2.53 bits per heavy atom. The standard InChI is InChI=1S/C23H27FN2O3S/c24-19-8-11-21-18(16-19)7-12-22(21)25-23(27)13-6-17-4-9-20(10-5-17)30(28,29)26-14-2-1-3-15-26/h4-5,8-11,16,22H,1-3,6-7,12-15H2,(H,25,27). The SMILES string of the molecule is O=C(CCc1ccc(S(=O)(=O)N2CCCCC2)cc1)NC1CCc2cc(F)ccc21. The molecule has 160 valence electrons. The Morgan fingerprint density at radius 1 is 1.07 bits per heavy atom. The molecule has 2 aromatic carbocycles. The lowest BCUT2D eigenvalue weighted by molar-refractivity contribution is -0.121. The number of aryl methyl sites for hydroxylation is 2. The molecule has 4 rings (SSSR count). The highest BCUT2D eigenvalue weighted by Gasteiger charge is 2.26. The van der Waals surface area contributed by atoms with Gasteiger partial charge in [-0.2, -0.15) is 4.31 Å². The van der Waals surface area contributed by atoms with Gasteiger partial charge >= 0.3 is 0 Å². The summed E-state index contributed by atoms with van der Waals surface area (Å²) in [6.07, 6.45) is 5.32. The molecule has 2 aliphatic rings. The second-order valence-corrected chi connectivity index (χ2v) is 10.0. The molecule has 0 radical (unpaired) electrons. The number of carbonyl (C=O) groups excluding carboxylic acids is 1. The van der Waals surface area contributed by atoms with E-state index in [0.717, 1.165) is 48.8 Å². The van der Waals surface area contributed by atoms with Gasteiger partial charge < -0.3 is 5.32 Å². The molecular weight excluding hydrogens is 403 g/mol. The quantitative estimate of drug-likeness (QED) is 0.759. The van der Waals surface area contributed by atoms with Gasteiger partial charge in [-0.15, -0.1) is 0 Å². The molecule has 1 aliphatic heterocycles. The number of piperidine rings is 1. The predicted molar refractivity (Wildman–Crippen MR) is 113 cm³/mol. The first kappa shape index (κ1) is 21.0. The Bertz CT molecular complexity index is 1020. The molecule has 1 atom stereocenters. The average molecular weight is 431 g/mol. The second kappa shape index (κ2) is 8.86. The minimum absolute atomic E-state index is 0.0535. The van der Waals surface area contributed by atoms with Gasteiger partial charge in [0.15, 0.2) is 0 Å². The number of nitrogens with zero attached hydrogens (tertiary/aromatic N) is 1. The first-order chi connectivity index (χ1) is 14.4. The van der Waals surface area contributed by atoms with Crippen molar-refractivity contribution in [3.05, 3.63) is 65.0 Å². The molecule has 7 heteroatoms. The van der Waals surface area contributed by atoms with Crippen LogP contribution in [0.25, 0.3) is 0 Å².